The number of halogens is 1. The first-order chi connectivity index (χ1) is 13.5. The Labute approximate surface area is 168 Å². The smallest absolute Gasteiger partial charge is 0.252 e. The van der Waals surface area contributed by atoms with Gasteiger partial charge in [0.15, 0.2) is 4.80 Å². The van der Waals surface area contributed by atoms with Crippen LogP contribution in [-0.4, -0.2) is 23.7 Å². The number of para-hydroxylation sites is 1. The fourth-order valence-electron chi connectivity index (χ4n) is 3.02. The quantitative estimate of drug-likeness (QED) is 0.541. The molecule has 1 heterocycles. The van der Waals surface area contributed by atoms with Crippen molar-refractivity contribution in [1.29, 1.82) is 0 Å². The minimum absolute atomic E-state index is 0.223. The van der Waals surface area contributed by atoms with Crippen LogP contribution in [0, 0.1) is 5.82 Å². The van der Waals surface area contributed by atoms with E-state index >= 15 is 0 Å². The van der Waals surface area contributed by atoms with Crippen LogP contribution >= 0.6 is 11.3 Å². The van der Waals surface area contributed by atoms with Gasteiger partial charge in [-0.15, -0.1) is 0 Å². The summed E-state index contributed by atoms with van der Waals surface area (Å²) >= 11 is 1.32. The summed E-state index contributed by atoms with van der Waals surface area (Å²) in [5.41, 5.74) is 2.63. The van der Waals surface area contributed by atoms with Gasteiger partial charge in [-0.2, -0.15) is 4.99 Å². The van der Waals surface area contributed by atoms with Gasteiger partial charge in [-0.1, -0.05) is 55.5 Å². The van der Waals surface area contributed by atoms with Crippen molar-refractivity contribution in [2.45, 2.75) is 39.7 Å². The van der Waals surface area contributed by atoms with Crippen LogP contribution in [0.25, 0.3) is 10.2 Å². The van der Waals surface area contributed by atoms with E-state index < -0.39 is 0 Å². The maximum Gasteiger partial charge on any atom is 0.252 e. The van der Waals surface area contributed by atoms with Gasteiger partial charge in [0.1, 0.15) is 5.82 Å². The highest BCUT2D eigenvalue weighted by Crippen LogP contribution is 2.20. The summed E-state index contributed by atoms with van der Waals surface area (Å²) in [4.78, 5) is 17.3. The van der Waals surface area contributed by atoms with Gasteiger partial charge in [0, 0.05) is 13.2 Å². The van der Waals surface area contributed by atoms with Crippen LogP contribution in [0.3, 0.4) is 0 Å². The van der Waals surface area contributed by atoms with E-state index in [9.17, 15) is 9.18 Å². The molecule has 0 atom stereocenters. The fraction of sp³-hybridized carbons (Fsp3) is 0.364. The summed E-state index contributed by atoms with van der Waals surface area (Å²) in [5.74, 6) is -0.106. The minimum Gasteiger partial charge on any atom is -0.380 e. The van der Waals surface area contributed by atoms with E-state index in [4.69, 9.17) is 4.74 Å². The molecular weight excluding hydrogens is 375 g/mol. The molecule has 1 aromatic heterocycles. The van der Waals surface area contributed by atoms with E-state index in [1.54, 1.807) is 10.6 Å². The SMILES string of the molecule is CCOCCn1c(=NC(=O)Cc2ccc(C(C)C)cc2)sc2cccc(F)c21. The molecule has 0 radical (unpaired) electrons. The first-order valence-electron chi connectivity index (χ1n) is 9.51. The molecule has 0 saturated heterocycles. The Kier molecular flexibility index (Phi) is 6.75. The van der Waals surface area contributed by atoms with Crippen molar-refractivity contribution < 1.29 is 13.9 Å². The van der Waals surface area contributed by atoms with Gasteiger partial charge in [-0.25, -0.2) is 4.39 Å². The lowest BCUT2D eigenvalue weighted by atomic mass is 10.0. The average molecular weight is 401 g/mol. The molecule has 0 spiro atoms. The summed E-state index contributed by atoms with van der Waals surface area (Å²) < 4.78 is 22.3. The van der Waals surface area contributed by atoms with E-state index in [2.05, 4.69) is 18.8 Å². The van der Waals surface area contributed by atoms with Crippen molar-refractivity contribution in [3.63, 3.8) is 0 Å². The number of fused-ring (bicyclic) bond motifs is 1. The number of ether oxygens (including phenoxy) is 1. The molecule has 6 heteroatoms. The molecule has 4 nitrogen and oxygen atoms in total. The number of carbonyl (C=O) groups is 1. The van der Waals surface area contributed by atoms with Crippen molar-refractivity contribution in [2.75, 3.05) is 13.2 Å². The highest BCUT2D eigenvalue weighted by molar-refractivity contribution is 7.16. The van der Waals surface area contributed by atoms with Crippen molar-refractivity contribution in [3.8, 4) is 0 Å². The Bertz CT molecular complexity index is 1020. The van der Waals surface area contributed by atoms with E-state index in [1.165, 1.54) is 23.0 Å². The van der Waals surface area contributed by atoms with Gasteiger partial charge in [-0.05, 0) is 36.1 Å². The number of nitrogens with zero attached hydrogens (tertiary/aromatic N) is 2. The molecule has 0 bridgehead atoms. The maximum absolute atomic E-state index is 14.4. The lowest BCUT2D eigenvalue weighted by Gasteiger charge is -2.06. The Balaban J connectivity index is 1.90. The molecular formula is C22H25FN2O2S. The molecule has 0 aliphatic carbocycles. The number of benzene rings is 2. The Morgan fingerprint density at radius 3 is 2.64 bits per heavy atom. The topological polar surface area (TPSA) is 43.6 Å². The first-order valence-corrected chi connectivity index (χ1v) is 10.3. The number of rotatable bonds is 7. The molecule has 0 saturated carbocycles. The zero-order valence-corrected chi connectivity index (χ0v) is 17.3. The van der Waals surface area contributed by atoms with Gasteiger partial charge in [-0.3, -0.25) is 4.79 Å². The summed E-state index contributed by atoms with van der Waals surface area (Å²) in [5, 5.41) is 0. The Morgan fingerprint density at radius 2 is 1.96 bits per heavy atom. The zero-order chi connectivity index (χ0) is 20.1. The van der Waals surface area contributed by atoms with Gasteiger partial charge >= 0.3 is 0 Å². The van der Waals surface area contributed by atoms with Crippen LogP contribution in [-0.2, 0) is 22.5 Å². The molecule has 0 aliphatic heterocycles. The maximum atomic E-state index is 14.4. The Morgan fingerprint density at radius 1 is 1.21 bits per heavy atom. The number of hydrogen-bond acceptors (Lipinski definition) is 3. The van der Waals surface area contributed by atoms with Gasteiger partial charge in [0.05, 0.1) is 23.2 Å². The number of amides is 1. The normalized spacial score (nSPS) is 12.2. The number of carbonyl (C=O) groups excluding carboxylic acids is 1. The highest BCUT2D eigenvalue weighted by atomic mass is 32.1. The number of hydrogen-bond donors (Lipinski definition) is 0. The van der Waals surface area contributed by atoms with Gasteiger partial charge in [0.2, 0.25) is 0 Å². The lowest BCUT2D eigenvalue weighted by molar-refractivity contribution is -0.117. The van der Waals surface area contributed by atoms with Crippen molar-refractivity contribution in [1.82, 2.24) is 4.57 Å². The third-order valence-electron chi connectivity index (χ3n) is 4.54. The molecule has 0 N–H and O–H groups in total. The fourth-order valence-corrected chi connectivity index (χ4v) is 4.11. The standard InChI is InChI=1S/C22H25FN2O2S/c1-4-27-13-12-25-21-18(23)6-5-7-19(21)28-22(25)24-20(26)14-16-8-10-17(11-9-16)15(2)3/h5-11,15H,4,12-14H2,1-3H3. The van der Waals surface area contributed by atoms with E-state index in [0.717, 1.165) is 10.3 Å². The van der Waals surface area contributed by atoms with E-state index in [-0.39, 0.29) is 18.1 Å². The largest absolute Gasteiger partial charge is 0.380 e. The van der Waals surface area contributed by atoms with Crippen molar-refractivity contribution in [2.24, 2.45) is 4.99 Å². The molecule has 28 heavy (non-hydrogen) atoms. The van der Waals surface area contributed by atoms with Crippen molar-refractivity contribution >= 4 is 27.5 Å². The Hall–Kier alpha value is -2.31. The number of thiazole rings is 1. The molecule has 148 valence electrons. The predicted molar refractivity (Wildman–Crippen MR) is 111 cm³/mol. The first kappa shape index (κ1) is 20.4. The third kappa shape index (κ3) is 4.75. The molecule has 0 unspecified atom stereocenters. The summed E-state index contributed by atoms with van der Waals surface area (Å²) in [6.45, 7) is 7.66. The molecule has 2 aromatic carbocycles. The van der Waals surface area contributed by atoms with Crippen LogP contribution in [0.1, 0.15) is 37.8 Å². The van der Waals surface area contributed by atoms with Crippen LogP contribution in [0.5, 0.6) is 0 Å². The highest BCUT2D eigenvalue weighted by Gasteiger charge is 2.12. The zero-order valence-electron chi connectivity index (χ0n) is 16.4. The molecule has 0 aliphatic rings. The summed E-state index contributed by atoms with van der Waals surface area (Å²) in [7, 11) is 0. The average Bonchev–Trinajstić information content (AvgIpc) is 3.00. The number of aromatic nitrogens is 1. The van der Waals surface area contributed by atoms with Gasteiger partial charge in [0.25, 0.3) is 5.91 Å². The second-order valence-electron chi connectivity index (χ2n) is 6.90. The monoisotopic (exact) mass is 400 g/mol. The summed E-state index contributed by atoms with van der Waals surface area (Å²) in [6.07, 6.45) is 0.223. The van der Waals surface area contributed by atoms with E-state index in [0.29, 0.717) is 36.0 Å². The van der Waals surface area contributed by atoms with Gasteiger partial charge < -0.3 is 9.30 Å². The molecule has 3 aromatic rings. The molecule has 0 fully saturated rings. The van der Waals surface area contributed by atoms with Crippen molar-refractivity contribution in [3.05, 3.63) is 64.2 Å². The lowest BCUT2D eigenvalue weighted by Crippen LogP contribution is -2.20. The molecule has 1 amide bonds. The minimum atomic E-state index is -0.316. The second-order valence-corrected chi connectivity index (χ2v) is 7.91. The summed E-state index contributed by atoms with van der Waals surface area (Å²) in [6, 6.07) is 13.0. The van der Waals surface area contributed by atoms with Crippen LogP contribution in [0.4, 0.5) is 4.39 Å². The van der Waals surface area contributed by atoms with Crippen LogP contribution in [0.2, 0.25) is 0 Å². The third-order valence-corrected chi connectivity index (χ3v) is 5.58. The van der Waals surface area contributed by atoms with E-state index in [1.807, 2.05) is 37.3 Å². The van der Waals surface area contributed by atoms with Crippen LogP contribution in [0.15, 0.2) is 47.5 Å². The predicted octanol–water partition coefficient (Wildman–Crippen LogP) is 4.67. The molecule has 3 rings (SSSR count). The van der Waals surface area contributed by atoms with Crippen LogP contribution < -0.4 is 4.80 Å². The second kappa shape index (κ2) is 9.26.